The van der Waals surface area contributed by atoms with Gasteiger partial charge in [0.2, 0.25) is 0 Å². The molecule has 0 saturated heterocycles. The Bertz CT molecular complexity index is 691. The van der Waals surface area contributed by atoms with E-state index in [2.05, 4.69) is 72.1 Å². The molecule has 1 unspecified atom stereocenters. The highest BCUT2D eigenvalue weighted by Gasteiger charge is 2.48. The Morgan fingerprint density at radius 3 is 2.28 bits per heavy atom. The molecule has 3 fully saturated rings. The number of aliphatic hydroxyl groups is 1. The van der Waals surface area contributed by atoms with E-state index in [1.807, 2.05) is 19.9 Å². The average Bonchev–Trinajstić information content (AvgIpc) is 3.20. The fourth-order valence-electron chi connectivity index (χ4n) is 5.96. The van der Waals surface area contributed by atoms with Crippen molar-refractivity contribution in [2.24, 2.45) is 29.1 Å². The molecule has 3 aliphatic rings. The number of fused-ring (bicyclic) bond motifs is 1. The fraction of sp³-hybridized carbons (Fsp3) is 0.714. The Balaban J connectivity index is 0.00000119. The molecule has 0 aromatic rings. The Morgan fingerprint density at radius 1 is 1.06 bits per heavy atom. The van der Waals surface area contributed by atoms with Gasteiger partial charge >= 0.3 is 0 Å². The first-order valence-corrected chi connectivity index (χ1v) is 15.2. The van der Waals surface area contributed by atoms with Gasteiger partial charge in [0.05, 0.1) is 0 Å². The van der Waals surface area contributed by atoms with Crippen LogP contribution in [0.25, 0.3) is 0 Å². The van der Waals surface area contributed by atoms with Crippen LogP contribution in [0.4, 0.5) is 0 Å². The van der Waals surface area contributed by atoms with Crippen LogP contribution in [0.5, 0.6) is 0 Å². The van der Waals surface area contributed by atoms with Crippen LogP contribution in [0.3, 0.4) is 0 Å². The standard InChI is InChI=1S/C27H42.C4H8.C2H6O.C2H6/c1-20(2)9-6-7-11-25-16-17-26-23(10-8-18-27(25,26)5)14-15-24-19-21(3)12-13-22(24)4;1-3-4-2;1-2-3;1-2/h6-7,14-15,20-21,25-26H,4,8-13,16-19H2,1-3,5H3;3H,1,4H2,2H3;3H,2H2,1H3;1-2H3/b7-6+,23-14+,24-15+;;;/t21-,25-,26?,27+;;;/m0.../s1. The van der Waals surface area contributed by atoms with E-state index in [4.69, 9.17) is 5.11 Å². The summed E-state index contributed by atoms with van der Waals surface area (Å²) < 4.78 is 0. The quantitative estimate of drug-likeness (QED) is 0.361. The summed E-state index contributed by atoms with van der Waals surface area (Å²) in [6, 6.07) is 0. The summed E-state index contributed by atoms with van der Waals surface area (Å²) in [7, 11) is 0. The summed E-state index contributed by atoms with van der Waals surface area (Å²) >= 11 is 0. The first kappa shape index (κ1) is 34.7. The third-order valence-corrected chi connectivity index (χ3v) is 8.10. The second-order valence-electron chi connectivity index (χ2n) is 11.4. The predicted molar refractivity (Wildman–Crippen MR) is 164 cm³/mol. The molecule has 0 aromatic carbocycles. The zero-order chi connectivity index (χ0) is 27.6. The van der Waals surface area contributed by atoms with Crippen LogP contribution in [0.15, 0.2) is 60.3 Å². The zero-order valence-corrected chi connectivity index (χ0v) is 25.5. The van der Waals surface area contributed by atoms with E-state index in [1.54, 1.807) is 12.5 Å². The molecule has 3 aliphatic carbocycles. The van der Waals surface area contributed by atoms with Crippen molar-refractivity contribution in [3.63, 3.8) is 0 Å². The van der Waals surface area contributed by atoms with E-state index in [0.717, 1.165) is 30.1 Å². The molecule has 36 heavy (non-hydrogen) atoms. The van der Waals surface area contributed by atoms with Crippen molar-refractivity contribution in [2.75, 3.05) is 6.61 Å². The van der Waals surface area contributed by atoms with E-state index in [0.29, 0.717) is 5.41 Å². The molecule has 0 aliphatic heterocycles. The lowest BCUT2D eigenvalue weighted by Crippen LogP contribution is -2.33. The van der Waals surface area contributed by atoms with Crippen LogP contribution < -0.4 is 0 Å². The Morgan fingerprint density at radius 2 is 1.69 bits per heavy atom. The maximum atomic E-state index is 7.57. The van der Waals surface area contributed by atoms with Crippen molar-refractivity contribution in [3.8, 4) is 0 Å². The summed E-state index contributed by atoms with van der Waals surface area (Å²) in [4.78, 5) is 0. The molecular weight excluding hydrogens is 436 g/mol. The first-order valence-electron chi connectivity index (χ1n) is 15.2. The highest BCUT2D eigenvalue weighted by molar-refractivity contribution is 5.36. The molecule has 0 bridgehead atoms. The molecule has 0 aromatic heterocycles. The predicted octanol–water partition coefficient (Wildman–Crippen LogP) is 11.0. The van der Waals surface area contributed by atoms with Gasteiger partial charge in [-0.05, 0) is 112 Å². The normalized spacial score (nSPS) is 29.6. The van der Waals surface area contributed by atoms with Crippen molar-refractivity contribution in [1.29, 1.82) is 0 Å². The Hall–Kier alpha value is -1.34. The maximum Gasteiger partial charge on any atom is 0.0402 e. The van der Waals surface area contributed by atoms with Gasteiger partial charge in [0.1, 0.15) is 0 Å². The fourth-order valence-corrected chi connectivity index (χ4v) is 5.96. The van der Waals surface area contributed by atoms with E-state index in [-0.39, 0.29) is 6.61 Å². The second kappa shape index (κ2) is 19.7. The first-order chi connectivity index (χ1) is 17.2. The minimum Gasteiger partial charge on any atom is -0.397 e. The molecule has 1 N–H and O–H groups in total. The zero-order valence-electron chi connectivity index (χ0n) is 25.5. The van der Waals surface area contributed by atoms with Crippen molar-refractivity contribution >= 4 is 0 Å². The molecule has 0 amide bonds. The van der Waals surface area contributed by atoms with Crippen LogP contribution in [-0.2, 0) is 0 Å². The molecule has 0 radical (unpaired) electrons. The molecule has 1 heteroatoms. The van der Waals surface area contributed by atoms with Crippen molar-refractivity contribution in [1.82, 2.24) is 0 Å². The molecular formula is C35H62O. The van der Waals surface area contributed by atoms with Crippen molar-refractivity contribution < 1.29 is 5.11 Å². The van der Waals surface area contributed by atoms with Crippen LogP contribution in [0.1, 0.15) is 126 Å². The number of rotatable bonds is 6. The molecule has 3 saturated carbocycles. The number of aliphatic hydroxyl groups excluding tert-OH is 1. The van der Waals surface area contributed by atoms with Crippen LogP contribution in [-0.4, -0.2) is 11.7 Å². The van der Waals surface area contributed by atoms with E-state index >= 15 is 0 Å². The highest BCUT2D eigenvalue weighted by Crippen LogP contribution is 2.58. The Labute approximate surface area is 226 Å². The van der Waals surface area contributed by atoms with Gasteiger partial charge < -0.3 is 5.11 Å². The number of hydrogen-bond donors (Lipinski definition) is 1. The monoisotopic (exact) mass is 498 g/mol. The van der Waals surface area contributed by atoms with Gasteiger partial charge in [0.15, 0.2) is 0 Å². The molecule has 208 valence electrons. The third-order valence-electron chi connectivity index (χ3n) is 8.10. The Kier molecular flexibility index (Phi) is 19.0. The summed E-state index contributed by atoms with van der Waals surface area (Å²) in [5.41, 5.74) is 5.19. The SMILES string of the molecule is C=C1CC[C@H](C)C/C1=C\C=C1/CCC[C@@]2(C)C1CC[C@@H]2C/C=C/CC(C)C.C=CCC.CC.CCO. The lowest BCUT2D eigenvalue weighted by molar-refractivity contribution is 0.137. The molecule has 0 heterocycles. The summed E-state index contributed by atoms with van der Waals surface area (Å²) in [5.74, 6) is 3.31. The van der Waals surface area contributed by atoms with Gasteiger partial charge in [-0.1, -0.05) is 96.6 Å². The van der Waals surface area contributed by atoms with Gasteiger partial charge in [-0.2, -0.15) is 0 Å². The minimum atomic E-state index is 0.250. The molecule has 1 nitrogen and oxygen atoms in total. The number of allylic oxidation sites excluding steroid dienone is 8. The average molecular weight is 499 g/mol. The van der Waals surface area contributed by atoms with Gasteiger partial charge in [-0.25, -0.2) is 0 Å². The van der Waals surface area contributed by atoms with Crippen LogP contribution in [0, 0.1) is 29.1 Å². The minimum absolute atomic E-state index is 0.250. The van der Waals surface area contributed by atoms with Gasteiger partial charge in [0.25, 0.3) is 0 Å². The lowest BCUT2D eigenvalue weighted by Gasteiger charge is -2.42. The van der Waals surface area contributed by atoms with Gasteiger partial charge in [0, 0.05) is 6.61 Å². The van der Waals surface area contributed by atoms with Crippen LogP contribution in [0.2, 0.25) is 0 Å². The smallest absolute Gasteiger partial charge is 0.0402 e. The largest absolute Gasteiger partial charge is 0.397 e. The summed E-state index contributed by atoms with van der Waals surface area (Å²) in [6.07, 6.45) is 26.1. The van der Waals surface area contributed by atoms with E-state index < -0.39 is 0 Å². The highest BCUT2D eigenvalue weighted by atomic mass is 16.2. The third kappa shape index (κ3) is 11.8. The van der Waals surface area contributed by atoms with Crippen molar-refractivity contribution in [2.45, 2.75) is 126 Å². The van der Waals surface area contributed by atoms with Crippen molar-refractivity contribution in [3.05, 3.63) is 60.3 Å². The summed E-state index contributed by atoms with van der Waals surface area (Å²) in [6.45, 7) is 25.4. The van der Waals surface area contributed by atoms with Gasteiger partial charge in [-0.3, -0.25) is 0 Å². The van der Waals surface area contributed by atoms with Gasteiger partial charge in [-0.15, -0.1) is 6.58 Å². The lowest BCUT2D eigenvalue weighted by atomic mass is 9.63. The van der Waals surface area contributed by atoms with E-state index in [9.17, 15) is 0 Å². The number of hydrogen-bond acceptors (Lipinski definition) is 1. The molecule has 4 atom stereocenters. The van der Waals surface area contributed by atoms with E-state index in [1.165, 1.54) is 75.4 Å². The molecule has 3 rings (SSSR count). The topological polar surface area (TPSA) is 20.2 Å². The second-order valence-corrected chi connectivity index (χ2v) is 11.4. The van der Waals surface area contributed by atoms with Crippen LogP contribution >= 0.6 is 0 Å². The maximum absolute atomic E-state index is 7.57. The molecule has 0 spiro atoms. The summed E-state index contributed by atoms with van der Waals surface area (Å²) in [5, 5.41) is 7.57.